The van der Waals surface area contributed by atoms with Crippen LogP contribution in [0.5, 0.6) is 0 Å². The third-order valence-electron chi connectivity index (χ3n) is 3.14. The highest BCUT2D eigenvalue weighted by atomic mass is 127. The van der Waals surface area contributed by atoms with E-state index < -0.39 is 14.6 Å². The molecule has 128 valence electrons. The lowest BCUT2D eigenvalue weighted by Crippen LogP contribution is -2.42. The molecule has 2 N–H and O–H groups in total. The monoisotopic (exact) mass is 433 g/mol. The SMILES string of the molecule is CCCCCCNC(=NC)NCCS(=O)(=O)C(C)(C)C.I. The first-order valence-electron chi connectivity index (χ1n) is 7.41. The highest BCUT2D eigenvalue weighted by Gasteiger charge is 2.28. The van der Waals surface area contributed by atoms with E-state index >= 15 is 0 Å². The van der Waals surface area contributed by atoms with E-state index in [-0.39, 0.29) is 29.7 Å². The predicted molar refractivity (Wildman–Crippen MR) is 102 cm³/mol. The van der Waals surface area contributed by atoms with Gasteiger partial charge in [0.15, 0.2) is 15.8 Å². The van der Waals surface area contributed by atoms with Crippen molar-refractivity contribution in [3.05, 3.63) is 0 Å². The number of guanidine groups is 1. The van der Waals surface area contributed by atoms with Crippen molar-refractivity contribution in [1.29, 1.82) is 0 Å². The van der Waals surface area contributed by atoms with E-state index in [0.717, 1.165) is 13.0 Å². The zero-order valence-corrected chi connectivity index (χ0v) is 17.2. The van der Waals surface area contributed by atoms with Crippen LogP contribution in [0.15, 0.2) is 4.99 Å². The average molecular weight is 433 g/mol. The quantitative estimate of drug-likeness (QED) is 0.267. The van der Waals surface area contributed by atoms with Crippen LogP contribution in [0.2, 0.25) is 0 Å². The molecule has 0 bridgehead atoms. The molecule has 0 fully saturated rings. The first-order chi connectivity index (χ1) is 9.24. The maximum Gasteiger partial charge on any atom is 0.191 e. The maximum atomic E-state index is 12.0. The third-order valence-corrected chi connectivity index (χ3v) is 5.75. The molecule has 0 aromatic heterocycles. The normalized spacial score (nSPS) is 12.7. The lowest BCUT2D eigenvalue weighted by molar-refractivity contribution is 0.559. The topological polar surface area (TPSA) is 70.6 Å². The van der Waals surface area contributed by atoms with Crippen LogP contribution in [0, 0.1) is 0 Å². The number of rotatable bonds is 8. The Bertz CT molecular complexity index is 390. The molecule has 0 aromatic rings. The van der Waals surface area contributed by atoms with Crippen molar-refractivity contribution in [1.82, 2.24) is 10.6 Å². The van der Waals surface area contributed by atoms with Gasteiger partial charge in [0, 0.05) is 20.1 Å². The number of unbranched alkanes of at least 4 members (excludes halogenated alkanes) is 3. The molecule has 0 heterocycles. The zero-order valence-electron chi connectivity index (χ0n) is 14.0. The van der Waals surface area contributed by atoms with Crippen LogP contribution in [-0.2, 0) is 9.84 Å². The zero-order chi connectivity index (χ0) is 15.6. The maximum absolute atomic E-state index is 12.0. The minimum absolute atomic E-state index is 0. The van der Waals surface area contributed by atoms with Crippen molar-refractivity contribution >= 4 is 39.8 Å². The van der Waals surface area contributed by atoms with E-state index in [0.29, 0.717) is 12.5 Å². The number of hydrogen-bond donors (Lipinski definition) is 2. The van der Waals surface area contributed by atoms with Gasteiger partial charge in [-0.1, -0.05) is 26.2 Å². The number of aliphatic imine (C=N–C) groups is 1. The van der Waals surface area contributed by atoms with Crippen molar-refractivity contribution in [3.63, 3.8) is 0 Å². The van der Waals surface area contributed by atoms with E-state index in [4.69, 9.17) is 0 Å². The van der Waals surface area contributed by atoms with Gasteiger partial charge in [0.2, 0.25) is 0 Å². The Kier molecular flexibility index (Phi) is 12.7. The van der Waals surface area contributed by atoms with Gasteiger partial charge < -0.3 is 10.6 Å². The van der Waals surface area contributed by atoms with Gasteiger partial charge in [0.05, 0.1) is 10.5 Å². The summed E-state index contributed by atoms with van der Waals surface area (Å²) < 4.78 is 23.2. The van der Waals surface area contributed by atoms with Crippen LogP contribution in [0.25, 0.3) is 0 Å². The Morgan fingerprint density at radius 2 is 1.62 bits per heavy atom. The Morgan fingerprint density at radius 3 is 2.10 bits per heavy atom. The standard InChI is InChI=1S/C14H31N3O2S.HI/c1-6-7-8-9-10-16-13(15-5)17-11-12-20(18,19)14(2,3)4;/h6-12H2,1-5H3,(H2,15,16,17);1H. The second-order valence-electron chi connectivity index (χ2n) is 5.92. The molecule has 0 amide bonds. The average Bonchev–Trinajstić information content (AvgIpc) is 2.35. The smallest absolute Gasteiger partial charge is 0.191 e. The van der Waals surface area contributed by atoms with Gasteiger partial charge in [-0.25, -0.2) is 8.42 Å². The van der Waals surface area contributed by atoms with E-state index in [1.807, 2.05) is 0 Å². The largest absolute Gasteiger partial charge is 0.356 e. The molecule has 0 saturated carbocycles. The molecule has 0 radical (unpaired) electrons. The summed E-state index contributed by atoms with van der Waals surface area (Å²) in [4.78, 5) is 4.09. The number of nitrogens with one attached hydrogen (secondary N) is 2. The first kappa shape index (κ1) is 23.2. The summed E-state index contributed by atoms with van der Waals surface area (Å²) in [5, 5.41) is 6.25. The minimum atomic E-state index is -3.08. The molecular formula is C14H32IN3O2S. The second-order valence-corrected chi connectivity index (χ2v) is 8.78. The summed E-state index contributed by atoms with van der Waals surface area (Å²) in [6, 6.07) is 0. The summed E-state index contributed by atoms with van der Waals surface area (Å²) in [6.07, 6.45) is 4.78. The van der Waals surface area contributed by atoms with E-state index in [2.05, 4.69) is 22.5 Å². The van der Waals surface area contributed by atoms with Crippen molar-refractivity contribution in [2.75, 3.05) is 25.9 Å². The number of nitrogens with zero attached hydrogens (tertiary/aromatic N) is 1. The van der Waals surface area contributed by atoms with Crippen LogP contribution < -0.4 is 10.6 Å². The van der Waals surface area contributed by atoms with E-state index in [9.17, 15) is 8.42 Å². The molecule has 21 heavy (non-hydrogen) atoms. The molecule has 7 heteroatoms. The lowest BCUT2D eigenvalue weighted by atomic mass is 10.2. The van der Waals surface area contributed by atoms with Crippen molar-refractivity contribution in [3.8, 4) is 0 Å². The van der Waals surface area contributed by atoms with Crippen molar-refractivity contribution in [2.45, 2.75) is 58.1 Å². The van der Waals surface area contributed by atoms with Gasteiger partial charge >= 0.3 is 0 Å². The molecule has 0 aliphatic rings. The second kappa shape index (κ2) is 11.5. The minimum Gasteiger partial charge on any atom is -0.356 e. The summed E-state index contributed by atoms with van der Waals surface area (Å²) in [5.74, 6) is 0.790. The molecule has 5 nitrogen and oxygen atoms in total. The lowest BCUT2D eigenvalue weighted by Gasteiger charge is -2.19. The third kappa shape index (κ3) is 10.3. The molecule has 0 spiro atoms. The summed E-state index contributed by atoms with van der Waals surface area (Å²) in [7, 11) is -1.39. The van der Waals surface area contributed by atoms with Crippen LogP contribution in [-0.4, -0.2) is 45.0 Å². The first-order valence-corrected chi connectivity index (χ1v) is 9.06. The number of hydrogen-bond acceptors (Lipinski definition) is 3. The predicted octanol–water partition coefficient (Wildman–Crippen LogP) is 2.56. The molecule has 0 atom stereocenters. The molecule has 0 aromatic carbocycles. The van der Waals surface area contributed by atoms with E-state index in [1.54, 1.807) is 27.8 Å². The fourth-order valence-corrected chi connectivity index (χ4v) is 2.57. The molecular weight excluding hydrogens is 401 g/mol. The fraction of sp³-hybridized carbons (Fsp3) is 0.929. The Hall–Kier alpha value is -0.0500. The van der Waals surface area contributed by atoms with Gasteiger partial charge in [-0.2, -0.15) is 0 Å². The van der Waals surface area contributed by atoms with Gasteiger partial charge in [-0.3, -0.25) is 4.99 Å². The molecule has 0 aliphatic heterocycles. The molecule has 0 saturated heterocycles. The summed E-state index contributed by atoms with van der Waals surface area (Å²) >= 11 is 0. The van der Waals surface area contributed by atoms with Crippen LogP contribution in [0.4, 0.5) is 0 Å². The highest BCUT2D eigenvalue weighted by molar-refractivity contribution is 14.0. The van der Waals surface area contributed by atoms with Gasteiger partial charge in [-0.05, 0) is 27.2 Å². The number of halogens is 1. The van der Waals surface area contributed by atoms with Crippen LogP contribution >= 0.6 is 24.0 Å². The molecule has 0 rings (SSSR count). The molecule has 0 unspecified atom stereocenters. The van der Waals surface area contributed by atoms with Crippen molar-refractivity contribution < 1.29 is 8.42 Å². The Morgan fingerprint density at radius 1 is 1.05 bits per heavy atom. The Balaban J connectivity index is 0. The number of sulfone groups is 1. The summed E-state index contributed by atoms with van der Waals surface area (Å²) in [5.41, 5.74) is 0. The van der Waals surface area contributed by atoms with Crippen LogP contribution in [0.1, 0.15) is 53.4 Å². The van der Waals surface area contributed by atoms with E-state index in [1.165, 1.54) is 19.3 Å². The van der Waals surface area contributed by atoms with Crippen molar-refractivity contribution in [2.24, 2.45) is 4.99 Å². The van der Waals surface area contributed by atoms with Crippen LogP contribution in [0.3, 0.4) is 0 Å². The van der Waals surface area contributed by atoms with Gasteiger partial charge in [0.1, 0.15) is 0 Å². The fourth-order valence-electron chi connectivity index (χ4n) is 1.59. The van der Waals surface area contributed by atoms with Gasteiger partial charge in [0.25, 0.3) is 0 Å². The highest BCUT2D eigenvalue weighted by Crippen LogP contribution is 2.15. The summed E-state index contributed by atoms with van der Waals surface area (Å²) in [6.45, 7) is 8.61. The molecule has 0 aliphatic carbocycles. The Labute approximate surface area is 147 Å². The van der Waals surface area contributed by atoms with Gasteiger partial charge in [-0.15, -0.1) is 24.0 Å².